The molecule has 0 saturated heterocycles. The molecule has 0 fully saturated rings. The number of methoxy groups -OCH3 is 1. The van der Waals surface area contributed by atoms with Gasteiger partial charge in [-0.15, -0.1) is 0 Å². The van der Waals surface area contributed by atoms with Crippen LogP contribution in [0, 0.1) is 0 Å². The predicted molar refractivity (Wildman–Crippen MR) is 77.6 cm³/mol. The number of carbonyl (C=O) groups is 2. The van der Waals surface area contributed by atoms with Crippen LogP contribution in [0.1, 0.15) is 26.3 Å². The Labute approximate surface area is 122 Å². The van der Waals surface area contributed by atoms with Crippen molar-refractivity contribution in [2.45, 2.75) is 6.54 Å². The Balaban J connectivity index is 1.95. The molecule has 0 heterocycles. The van der Waals surface area contributed by atoms with E-state index in [1.54, 1.807) is 43.5 Å². The molecule has 2 aromatic carbocycles. The van der Waals surface area contributed by atoms with Crippen LogP contribution in [0.2, 0.25) is 0 Å². The standard InChI is InChI=1S/C16H15NO4/c1-21-14-8-6-12(7-9-14)15(18)17-10-11-2-4-13(5-3-11)16(19)20/h2-9H,10H2,1H3,(H,17,18)(H,19,20). The zero-order valence-electron chi connectivity index (χ0n) is 11.5. The molecule has 0 atom stereocenters. The first-order valence-electron chi connectivity index (χ1n) is 6.34. The first-order valence-corrected chi connectivity index (χ1v) is 6.34. The molecule has 5 heteroatoms. The van der Waals surface area contributed by atoms with Crippen LogP contribution in [0.5, 0.6) is 5.75 Å². The smallest absolute Gasteiger partial charge is 0.335 e. The molecule has 0 bridgehead atoms. The molecule has 108 valence electrons. The molecular formula is C16H15NO4. The topological polar surface area (TPSA) is 75.6 Å². The van der Waals surface area contributed by atoms with Crippen LogP contribution in [0.15, 0.2) is 48.5 Å². The molecule has 0 radical (unpaired) electrons. The Hall–Kier alpha value is -2.82. The molecule has 0 aromatic heterocycles. The highest BCUT2D eigenvalue weighted by Gasteiger charge is 2.06. The van der Waals surface area contributed by atoms with E-state index in [-0.39, 0.29) is 11.5 Å². The third-order valence-electron chi connectivity index (χ3n) is 3.01. The van der Waals surface area contributed by atoms with Crippen LogP contribution >= 0.6 is 0 Å². The highest BCUT2D eigenvalue weighted by molar-refractivity contribution is 5.94. The summed E-state index contributed by atoms with van der Waals surface area (Å²) in [4.78, 5) is 22.7. The molecule has 21 heavy (non-hydrogen) atoms. The van der Waals surface area contributed by atoms with E-state index >= 15 is 0 Å². The maximum Gasteiger partial charge on any atom is 0.335 e. The molecule has 0 aliphatic rings. The second kappa shape index (κ2) is 6.56. The molecule has 1 amide bonds. The summed E-state index contributed by atoms with van der Waals surface area (Å²) in [6, 6.07) is 13.2. The lowest BCUT2D eigenvalue weighted by Crippen LogP contribution is -2.22. The number of carboxylic acid groups (broad SMARTS) is 1. The van der Waals surface area contributed by atoms with Gasteiger partial charge in [0.2, 0.25) is 0 Å². The average molecular weight is 285 g/mol. The largest absolute Gasteiger partial charge is 0.497 e. The number of benzene rings is 2. The van der Waals surface area contributed by atoms with Crippen molar-refractivity contribution in [3.8, 4) is 5.75 Å². The van der Waals surface area contributed by atoms with E-state index in [0.29, 0.717) is 17.9 Å². The van der Waals surface area contributed by atoms with Crippen LogP contribution < -0.4 is 10.1 Å². The second-order valence-corrected chi connectivity index (χ2v) is 4.41. The van der Waals surface area contributed by atoms with Crippen molar-refractivity contribution >= 4 is 11.9 Å². The lowest BCUT2D eigenvalue weighted by atomic mass is 10.1. The lowest BCUT2D eigenvalue weighted by Gasteiger charge is -2.06. The first-order chi connectivity index (χ1) is 10.1. The van der Waals surface area contributed by atoms with Crippen LogP contribution in [0.25, 0.3) is 0 Å². The van der Waals surface area contributed by atoms with Gasteiger partial charge in [-0.3, -0.25) is 4.79 Å². The summed E-state index contributed by atoms with van der Waals surface area (Å²) >= 11 is 0. The Morgan fingerprint density at radius 1 is 1.00 bits per heavy atom. The van der Waals surface area contributed by atoms with Crippen molar-refractivity contribution in [2.24, 2.45) is 0 Å². The van der Waals surface area contributed by atoms with E-state index in [1.807, 2.05) is 0 Å². The number of hydrogen-bond acceptors (Lipinski definition) is 3. The molecule has 0 unspecified atom stereocenters. The highest BCUT2D eigenvalue weighted by atomic mass is 16.5. The molecule has 0 aliphatic carbocycles. The van der Waals surface area contributed by atoms with Gasteiger partial charge < -0.3 is 15.2 Å². The lowest BCUT2D eigenvalue weighted by molar-refractivity contribution is 0.0696. The van der Waals surface area contributed by atoms with E-state index in [4.69, 9.17) is 9.84 Å². The van der Waals surface area contributed by atoms with Gasteiger partial charge in [-0.2, -0.15) is 0 Å². The first kappa shape index (κ1) is 14.6. The van der Waals surface area contributed by atoms with Crippen molar-refractivity contribution in [3.63, 3.8) is 0 Å². The minimum Gasteiger partial charge on any atom is -0.497 e. The van der Waals surface area contributed by atoms with Crippen molar-refractivity contribution in [1.82, 2.24) is 5.32 Å². The molecule has 5 nitrogen and oxygen atoms in total. The fraction of sp³-hybridized carbons (Fsp3) is 0.125. The van der Waals surface area contributed by atoms with Gasteiger partial charge in [0.25, 0.3) is 5.91 Å². The summed E-state index contributed by atoms with van der Waals surface area (Å²) in [5.41, 5.74) is 1.60. The van der Waals surface area contributed by atoms with Gasteiger partial charge in [0.15, 0.2) is 0 Å². The number of aromatic carboxylic acids is 1. The van der Waals surface area contributed by atoms with Crippen molar-refractivity contribution in [3.05, 3.63) is 65.2 Å². The second-order valence-electron chi connectivity index (χ2n) is 4.41. The maximum absolute atomic E-state index is 11.9. The Bertz CT molecular complexity index is 632. The van der Waals surface area contributed by atoms with Gasteiger partial charge in [0.05, 0.1) is 12.7 Å². The number of carboxylic acids is 1. The fourth-order valence-corrected chi connectivity index (χ4v) is 1.79. The van der Waals surface area contributed by atoms with Crippen LogP contribution in [0.3, 0.4) is 0 Å². The summed E-state index contributed by atoms with van der Waals surface area (Å²) in [6.45, 7) is 0.338. The van der Waals surface area contributed by atoms with Gasteiger partial charge in [-0.1, -0.05) is 12.1 Å². The quantitative estimate of drug-likeness (QED) is 0.884. The summed E-state index contributed by atoms with van der Waals surface area (Å²) in [7, 11) is 1.57. The molecule has 2 aromatic rings. The maximum atomic E-state index is 11.9. The van der Waals surface area contributed by atoms with Crippen LogP contribution in [0.4, 0.5) is 0 Å². The molecule has 2 rings (SSSR count). The van der Waals surface area contributed by atoms with Gasteiger partial charge >= 0.3 is 5.97 Å². The van der Waals surface area contributed by atoms with E-state index in [9.17, 15) is 9.59 Å². The Morgan fingerprint density at radius 3 is 2.10 bits per heavy atom. The summed E-state index contributed by atoms with van der Waals surface area (Å²) in [5, 5.41) is 11.6. The summed E-state index contributed by atoms with van der Waals surface area (Å²) < 4.78 is 5.03. The predicted octanol–water partition coefficient (Wildman–Crippen LogP) is 2.32. The van der Waals surface area contributed by atoms with Gasteiger partial charge in [-0.25, -0.2) is 4.79 Å². The van der Waals surface area contributed by atoms with Crippen molar-refractivity contribution < 1.29 is 19.4 Å². The van der Waals surface area contributed by atoms with E-state index < -0.39 is 5.97 Å². The van der Waals surface area contributed by atoms with Gasteiger partial charge in [0, 0.05) is 12.1 Å². The number of ether oxygens (including phenoxy) is 1. The number of hydrogen-bond donors (Lipinski definition) is 2. The van der Waals surface area contributed by atoms with Crippen molar-refractivity contribution in [1.29, 1.82) is 0 Å². The number of rotatable bonds is 5. The summed E-state index contributed by atoms with van der Waals surface area (Å²) in [6.07, 6.45) is 0. The minimum absolute atomic E-state index is 0.194. The molecular weight excluding hydrogens is 270 g/mol. The molecule has 2 N–H and O–H groups in total. The van der Waals surface area contributed by atoms with Crippen LogP contribution in [-0.4, -0.2) is 24.1 Å². The normalized spacial score (nSPS) is 9.95. The summed E-state index contributed by atoms with van der Waals surface area (Å²) in [5.74, 6) is -0.473. The zero-order valence-corrected chi connectivity index (χ0v) is 11.5. The minimum atomic E-state index is -0.969. The molecule has 0 saturated carbocycles. The van der Waals surface area contributed by atoms with Crippen molar-refractivity contribution in [2.75, 3.05) is 7.11 Å². The van der Waals surface area contributed by atoms with E-state index in [2.05, 4.69) is 5.32 Å². The zero-order chi connectivity index (χ0) is 15.2. The van der Waals surface area contributed by atoms with Gasteiger partial charge in [-0.05, 0) is 42.0 Å². The Kier molecular flexibility index (Phi) is 4.56. The van der Waals surface area contributed by atoms with E-state index in [1.165, 1.54) is 12.1 Å². The number of nitrogens with one attached hydrogen (secondary N) is 1. The average Bonchev–Trinajstić information content (AvgIpc) is 2.53. The van der Waals surface area contributed by atoms with Gasteiger partial charge in [0.1, 0.15) is 5.75 Å². The van der Waals surface area contributed by atoms with Crippen LogP contribution in [-0.2, 0) is 6.54 Å². The third kappa shape index (κ3) is 3.82. The number of amides is 1. The van der Waals surface area contributed by atoms with E-state index in [0.717, 1.165) is 5.56 Å². The highest BCUT2D eigenvalue weighted by Crippen LogP contribution is 2.11. The monoisotopic (exact) mass is 285 g/mol. The SMILES string of the molecule is COc1ccc(C(=O)NCc2ccc(C(=O)O)cc2)cc1. The fourth-order valence-electron chi connectivity index (χ4n) is 1.79. The Morgan fingerprint density at radius 2 is 1.57 bits per heavy atom. The molecule has 0 spiro atoms. The third-order valence-corrected chi connectivity index (χ3v) is 3.01. The molecule has 0 aliphatic heterocycles. The number of carbonyl (C=O) groups excluding carboxylic acids is 1.